The highest BCUT2D eigenvalue weighted by Gasteiger charge is 2.15. The maximum atomic E-state index is 12.0. The van der Waals surface area contributed by atoms with Crippen molar-refractivity contribution >= 4 is 35.6 Å². The van der Waals surface area contributed by atoms with Crippen molar-refractivity contribution in [3.05, 3.63) is 24.3 Å². The number of alkyl halides is 1. The lowest BCUT2D eigenvalue weighted by atomic mass is 10.3. The number of hydrogen-bond acceptors (Lipinski definition) is 5. The first-order valence-corrected chi connectivity index (χ1v) is 10.8. The van der Waals surface area contributed by atoms with Crippen molar-refractivity contribution in [1.82, 2.24) is 0 Å². The van der Waals surface area contributed by atoms with Gasteiger partial charge in [0.2, 0.25) is 0 Å². The van der Waals surface area contributed by atoms with Gasteiger partial charge in [0.05, 0.1) is 23.0 Å². The van der Waals surface area contributed by atoms with E-state index in [4.69, 9.17) is 4.74 Å². The molecule has 0 fully saturated rings. The van der Waals surface area contributed by atoms with Gasteiger partial charge in [0.15, 0.2) is 9.84 Å². The summed E-state index contributed by atoms with van der Waals surface area (Å²) in [6, 6.07) is 6.12. The van der Waals surface area contributed by atoms with E-state index >= 15 is 0 Å². The Morgan fingerprint density at radius 3 is 2.15 bits per heavy atom. The number of halogens is 1. The van der Waals surface area contributed by atoms with E-state index < -0.39 is 19.7 Å². The highest BCUT2D eigenvalue weighted by atomic mass is 79.9. The molecule has 20 heavy (non-hydrogen) atoms. The third-order valence-electron chi connectivity index (χ3n) is 2.46. The second-order valence-electron chi connectivity index (χ2n) is 4.31. The molecule has 0 aliphatic carbocycles. The summed E-state index contributed by atoms with van der Waals surface area (Å²) in [4.78, 5) is 0.178. The third-order valence-corrected chi connectivity index (χ3v) is 5.63. The summed E-state index contributed by atoms with van der Waals surface area (Å²) in [6.45, 7) is 0.500. The summed E-state index contributed by atoms with van der Waals surface area (Å²) in [5.74, 6) is 0.292. The molecule has 0 aromatic heterocycles. The van der Waals surface area contributed by atoms with Crippen LogP contribution in [0.25, 0.3) is 0 Å². The van der Waals surface area contributed by atoms with Gasteiger partial charge in [0, 0.05) is 11.6 Å². The number of sulfone groups is 2. The van der Waals surface area contributed by atoms with E-state index in [0.29, 0.717) is 17.7 Å². The minimum Gasteiger partial charge on any atom is -0.493 e. The fraction of sp³-hybridized carbons (Fsp3) is 0.500. The van der Waals surface area contributed by atoms with E-state index in [1.165, 1.54) is 12.1 Å². The van der Waals surface area contributed by atoms with Gasteiger partial charge in [-0.05, 0) is 30.7 Å². The Kier molecular flexibility index (Phi) is 6.47. The van der Waals surface area contributed by atoms with Crippen LogP contribution >= 0.6 is 15.9 Å². The van der Waals surface area contributed by atoms with Crippen LogP contribution in [0.5, 0.6) is 5.75 Å². The Balaban J connectivity index is 2.68. The molecule has 0 spiro atoms. The second kappa shape index (κ2) is 7.42. The molecule has 8 heteroatoms. The summed E-state index contributed by atoms with van der Waals surface area (Å²) < 4.78 is 51.3. The molecule has 1 aromatic carbocycles. The average molecular weight is 385 g/mol. The van der Waals surface area contributed by atoms with Crippen molar-refractivity contribution in [3.63, 3.8) is 0 Å². The summed E-state index contributed by atoms with van der Waals surface area (Å²) in [5, 5.41) is 0.693. The van der Waals surface area contributed by atoms with E-state index in [-0.39, 0.29) is 22.8 Å². The second-order valence-corrected chi connectivity index (χ2v) is 9.47. The van der Waals surface area contributed by atoms with Gasteiger partial charge in [-0.15, -0.1) is 0 Å². The van der Waals surface area contributed by atoms with Crippen molar-refractivity contribution in [1.29, 1.82) is 0 Å². The van der Waals surface area contributed by atoms with Crippen LogP contribution in [0.3, 0.4) is 0 Å². The lowest BCUT2D eigenvalue weighted by molar-refractivity contribution is 0.345. The summed E-state index contributed by atoms with van der Waals surface area (Å²) in [7, 11) is -6.58. The molecule has 0 radical (unpaired) electrons. The third kappa shape index (κ3) is 6.23. The van der Waals surface area contributed by atoms with Gasteiger partial charge in [-0.1, -0.05) is 15.9 Å². The molecule has 0 amide bonds. The first kappa shape index (κ1) is 17.5. The molecule has 0 saturated heterocycles. The summed E-state index contributed by atoms with van der Waals surface area (Å²) >= 11 is 3.23. The van der Waals surface area contributed by atoms with Crippen molar-refractivity contribution in [2.45, 2.75) is 11.3 Å². The van der Waals surface area contributed by atoms with E-state index in [9.17, 15) is 16.8 Å². The van der Waals surface area contributed by atoms with Gasteiger partial charge in [-0.25, -0.2) is 16.8 Å². The molecule has 114 valence electrons. The Hall–Kier alpha value is -0.600. The first-order valence-electron chi connectivity index (χ1n) is 5.94. The highest BCUT2D eigenvalue weighted by molar-refractivity contribution is 9.09. The predicted octanol–water partition coefficient (Wildman–Crippen LogP) is 1.67. The fourth-order valence-electron chi connectivity index (χ4n) is 1.53. The largest absolute Gasteiger partial charge is 0.493 e. The van der Waals surface area contributed by atoms with Crippen LogP contribution in [0, 0.1) is 0 Å². The van der Waals surface area contributed by atoms with Crippen LogP contribution in [0.2, 0.25) is 0 Å². The Morgan fingerprint density at radius 1 is 1.05 bits per heavy atom. The Labute approximate surface area is 128 Å². The Morgan fingerprint density at radius 2 is 1.65 bits per heavy atom. The molecule has 0 unspecified atom stereocenters. The highest BCUT2D eigenvalue weighted by Crippen LogP contribution is 2.18. The van der Waals surface area contributed by atoms with Crippen LogP contribution in [-0.4, -0.2) is 46.5 Å². The minimum absolute atomic E-state index is 0.100. The molecule has 0 aliphatic heterocycles. The number of hydrogen-bond donors (Lipinski definition) is 0. The molecule has 0 N–H and O–H groups in total. The molecule has 0 atom stereocenters. The minimum atomic E-state index is -3.45. The summed E-state index contributed by atoms with van der Waals surface area (Å²) in [6.07, 6.45) is 1.19. The molecule has 0 heterocycles. The maximum Gasteiger partial charge on any atom is 0.178 e. The van der Waals surface area contributed by atoms with E-state index in [1.807, 2.05) is 0 Å². The van der Waals surface area contributed by atoms with E-state index in [1.54, 1.807) is 12.1 Å². The van der Waals surface area contributed by atoms with Gasteiger partial charge < -0.3 is 4.74 Å². The van der Waals surface area contributed by atoms with Crippen molar-refractivity contribution < 1.29 is 21.6 Å². The zero-order valence-electron chi connectivity index (χ0n) is 11.1. The SMILES string of the molecule is CS(=O)(=O)CCCS(=O)(=O)c1ccc(OCCBr)cc1. The quantitative estimate of drug-likeness (QED) is 0.637. The molecule has 5 nitrogen and oxygen atoms in total. The topological polar surface area (TPSA) is 77.5 Å². The standard InChI is InChI=1S/C12H17BrO5S2/c1-19(14,15)9-2-10-20(16,17)12-5-3-11(4-6-12)18-8-7-13/h3-6H,2,7-10H2,1H3. The average Bonchev–Trinajstić information content (AvgIpc) is 2.35. The lowest BCUT2D eigenvalue weighted by Crippen LogP contribution is -2.12. The number of benzene rings is 1. The van der Waals surface area contributed by atoms with Crippen LogP contribution < -0.4 is 4.74 Å². The Bertz CT molecular complexity index is 620. The van der Waals surface area contributed by atoms with Crippen LogP contribution in [0.15, 0.2) is 29.2 Å². The molecule has 0 saturated carbocycles. The first-order chi connectivity index (χ1) is 9.24. The van der Waals surface area contributed by atoms with Gasteiger partial charge in [-0.3, -0.25) is 0 Å². The number of ether oxygens (including phenoxy) is 1. The molecule has 1 aromatic rings. The predicted molar refractivity (Wildman–Crippen MR) is 82.1 cm³/mol. The monoisotopic (exact) mass is 384 g/mol. The van der Waals surface area contributed by atoms with Crippen LogP contribution in [-0.2, 0) is 19.7 Å². The van der Waals surface area contributed by atoms with Gasteiger partial charge in [-0.2, -0.15) is 0 Å². The zero-order chi connectivity index (χ0) is 15.2. The molecular formula is C12H17BrO5S2. The van der Waals surface area contributed by atoms with E-state index in [0.717, 1.165) is 6.26 Å². The maximum absolute atomic E-state index is 12.0. The smallest absolute Gasteiger partial charge is 0.178 e. The van der Waals surface area contributed by atoms with Gasteiger partial charge in [0.1, 0.15) is 15.6 Å². The van der Waals surface area contributed by atoms with Gasteiger partial charge in [0.25, 0.3) is 0 Å². The zero-order valence-corrected chi connectivity index (χ0v) is 14.3. The molecule has 1 rings (SSSR count). The van der Waals surface area contributed by atoms with E-state index in [2.05, 4.69) is 15.9 Å². The fourth-order valence-corrected chi connectivity index (χ4v) is 3.85. The van der Waals surface area contributed by atoms with Crippen LogP contribution in [0.4, 0.5) is 0 Å². The van der Waals surface area contributed by atoms with Crippen molar-refractivity contribution in [2.24, 2.45) is 0 Å². The normalized spacial score (nSPS) is 12.3. The van der Waals surface area contributed by atoms with Crippen molar-refractivity contribution in [2.75, 3.05) is 29.7 Å². The van der Waals surface area contributed by atoms with Crippen LogP contribution in [0.1, 0.15) is 6.42 Å². The molecule has 0 bridgehead atoms. The van der Waals surface area contributed by atoms with Crippen molar-refractivity contribution in [3.8, 4) is 5.75 Å². The number of rotatable bonds is 8. The van der Waals surface area contributed by atoms with Gasteiger partial charge >= 0.3 is 0 Å². The summed E-state index contributed by atoms with van der Waals surface area (Å²) in [5.41, 5.74) is 0. The lowest BCUT2D eigenvalue weighted by Gasteiger charge is -2.07. The molecular weight excluding hydrogens is 368 g/mol. The molecule has 0 aliphatic rings.